The van der Waals surface area contributed by atoms with Crippen molar-refractivity contribution in [2.45, 2.75) is 12.6 Å². The van der Waals surface area contributed by atoms with Gasteiger partial charge in [-0.15, -0.1) is 0 Å². The average Bonchev–Trinajstić information content (AvgIpc) is 3.02. The highest BCUT2D eigenvalue weighted by Gasteiger charge is 2.20. The molecule has 3 rings (SSSR count). The molecule has 2 aromatic rings. The molecule has 1 fully saturated rings. The number of β-amino-alcohol motifs (C(OH)–C–C–N with tert-alkyl or cyclic N) is 1. The Labute approximate surface area is 124 Å². The lowest BCUT2D eigenvalue weighted by Gasteiger charge is -2.36. The van der Waals surface area contributed by atoms with Crippen LogP contribution in [0.25, 0.3) is 0 Å². The van der Waals surface area contributed by atoms with Crippen LogP contribution in [0.2, 0.25) is 0 Å². The number of aliphatic hydroxyl groups excluding tert-OH is 1. The Bertz CT molecular complexity index is 522. The summed E-state index contributed by atoms with van der Waals surface area (Å²) >= 11 is 0. The Morgan fingerprint density at radius 2 is 1.90 bits per heavy atom. The van der Waals surface area contributed by atoms with Crippen molar-refractivity contribution >= 4 is 5.82 Å². The van der Waals surface area contributed by atoms with Gasteiger partial charge in [0, 0.05) is 51.3 Å². The fraction of sp³-hybridized carbons (Fsp3) is 0.467. The Morgan fingerprint density at radius 1 is 1.05 bits per heavy atom. The number of aromatic nitrogens is 3. The number of nitrogens with zero attached hydrogens (tertiary/aromatic N) is 5. The Morgan fingerprint density at radius 3 is 2.57 bits per heavy atom. The van der Waals surface area contributed by atoms with Crippen LogP contribution in [0.15, 0.2) is 42.9 Å². The molecule has 0 radical (unpaired) electrons. The lowest BCUT2D eigenvalue weighted by atomic mass is 10.2. The van der Waals surface area contributed by atoms with Crippen LogP contribution in [0.1, 0.15) is 0 Å². The molecule has 6 heteroatoms. The standard InChI is InChI=1S/C15H21N5O/c21-14(13-20-7-3-6-17-20)12-18-8-10-19(11-9-18)15-4-1-2-5-16-15/h1-7,14,21H,8-13H2. The van der Waals surface area contributed by atoms with E-state index in [-0.39, 0.29) is 6.10 Å². The number of hydrogen-bond acceptors (Lipinski definition) is 5. The molecule has 2 aromatic heterocycles. The van der Waals surface area contributed by atoms with E-state index in [1.165, 1.54) is 0 Å². The van der Waals surface area contributed by atoms with E-state index in [9.17, 15) is 5.11 Å². The topological polar surface area (TPSA) is 57.4 Å². The molecule has 6 nitrogen and oxygen atoms in total. The van der Waals surface area contributed by atoms with Crippen molar-refractivity contribution in [2.75, 3.05) is 37.6 Å². The maximum absolute atomic E-state index is 10.1. The molecule has 1 aliphatic rings. The number of rotatable bonds is 5. The fourth-order valence-corrected chi connectivity index (χ4v) is 2.68. The van der Waals surface area contributed by atoms with E-state index >= 15 is 0 Å². The largest absolute Gasteiger partial charge is 0.390 e. The summed E-state index contributed by atoms with van der Waals surface area (Å²) in [6, 6.07) is 7.87. The number of piperazine rings is 1. The van der Waals surface area contributed by atoms with Gasteiger partial charge in [0.25, 0.3) is 0 Å². The van der Waals surface area contributed by atoms with E-state index in [2.05, 4.69) is 19.9 Å². The minimum Gasteiger partial charge on any atom is -0.390 e. The fourth-order valence-electron chi connectivity index (χ4n) is 2.68. The Hall–Kier alpha value is -1.92. The summed E-state index contributed by atoms with van der Waals surface area (Å²) in [6.07, 6.45) is 5.06. The summed E-state index contributed by atoms with van der Waals surface area (Å²) in [5, 5.41) is 14.3. The molecule has 21 heavy (non-hydrogen) atoms. The molecule has 1 N–H and O–H groups in total. The van der Waals surface area contributed by atoms with Gasteiger partial charge in [0.2, 0.25) is 0 Å². The first-order valence-corrected chi connectivity index (χ1v) is 7.35. The molecule has 1 unspecified atom stereocenters. The van der Waals surface area contributed by atoms with Gasteiger partial charge in [0.1, 0.15) is 5.82 Å². The minimum absolute atomic E-state index is 0.383. The summed E-state index contributed by atoms with van der Waals surface area (Å²) in [6.45, 7) is 5.04. The molecule has 3 heterocycles. The molecule has 0 spiro atoms. The number of hydrogen-bond donors (Lipinski definition) is 1. The van der Waals surface area contributed by atoms with Crippen molar-refractivity contribution in [2.24, 2.45) is 0 Å². The molecular weight excluding hydrogens is 266 g/mol. The quantitative estimate of drug-likeness (QED) is 0.866. The molecule has 0 amide bonds. The SMILES string of the molecule is OC(CN1CCN(c2ccccn2)CC1)Cn1cccn1. The van der Waals surface area contributed by atoms with Crippen LogP contribution < -0.4 is 4.90 Å². The van der Waals surface area contributed by atoms with Gasteiger partial charge in [-0.2, -0.15) is 5.10 Å². The second kappa shape index (κ2) is 6.69. The predicted molar refractivity (Wildman–Crippen MR) is 81.1 cm³/mol. The highest BCUT2D eigenvalue weighted by molar-refractivity contribution is 5.38. The molecule has 1 saturated heterocycles. The Balaban J connectivity index is 1.45. The van der Waals surface area contributed by atoms with Crippen molar-refractivity contribution in [1.82, 2.24) is 19.7 Å². The van der Waals surface area contributed by atoms with E-state index < -0.39 is 0 Å². The third-order valence-electron chi connectivity index (χ3n) is 3.77. The average molecular weight is 287 g/mol. The van der Waals surface area contributed by atoms with Crippen molar-refractivity contribution in [3.63, 3.8) is 0 Å². The van der Waals surface area contributed by atoms with E-state index in [1.807, 2.05) is 36.7 Å². The zero-order valence-corrected chi connectivity index (χ0v) is 12.0. The summed E-state index contributed by atoms with van der Waals surface area (Å²) in [4.78, 5) is 8.97. The van der Waals surface area contributed by atoms with Crippen LogP contribution in [-0.2, 0) is 6.54 Å². The lowest BCUT2D eigenvalue weighted by Crippen LogP contribution is -2.49. The van der Waals surface area contributed by atoms with E-state index in [1.54, 1.807) is 10.9 Å². The van der Waals surface area contributed by atoms with E-state index in [4.69, 9.17) is 0 Å². The van der Waals surface area contributed by atoms with Crippen molar-refractivity contribution in [3.05, 3.63) is 42.9 Å². The molecule has 0 aliphatic carbocycles. The third-order valence-corrected chi connectivity index (χ3v) is 3.77. The maximum Gasteiger partial charge on any atom is 0.128 e. The minimum atomic E-state index is -0.383. The van der Waals surface area contributed by atoms with Crippen molar-refractivity contribution in [3.8, 4) is 0 Å². The molecule has 112 valence electrons. The second-order valence-electron chi connectivity index (χ2n) is 5.36. The first-order chi connectivity index (χ1) is 10.3. The molecule has 1 aliphatic heterocycles. The van der Waals surface area contributed by atoms with Gasteiger partial charge in [-0.1, -0.05) is 6.07 Å². The van der Waals surface area contributed by atoms with Gasteiger partial charge in [0.05, 0.1) is 12.6 Å². The van der Waals surface area contributed by atoms with Gasteiger partial charge in [0.15, 0.2) is 0 Å². The van der Waals surface area contributed by atoms with E-state index in [0.29, 0.717) is 13.1 Å². The van der Waals surface area contributed by atoms with Crippen LogP contribution in [0.5, 0.6) is 0 Å². The molecular formula is C15H21N5O. The highest BCUT2D eigenvalue weighted by atomic mass is 16.3. The predicted octanol–water partition coefficient (Wildman–Crippen LogP) is 0.461. The van der Waals surface area contributed by atoms with Crippen LogP contribution >= 0.6 is 0 Å². The summed E-state index contributed by atoms with van der Waals surface area (Å²) in [5.74, 6) is 1.04. The van der Waals surface area contributed by atoms with Gasteiger partial charge in [-0.3, -0.25) is 9.58 Å². The van der Waals surface area contributed by atoms with E-state index in [0.717, 1.165) is 32.0 Å². The van der Waals surface area contributed by atoms with Gasteiger partial charge >= 0.3 is 0 Å². The first-order valence-electron chi connectivity index (χ1n) is 7.35. The van der Waals surface area contributed by atoms with Crippen LogP contribution in [0, 0.1) is 0 Å². The molecule has 0 bridgehead atoms. The van der Waals surface area contributed by atoms with Gasteiger partial charge in [-0.25, -0.2) is 4.98 Å². The summed E-state index contributed by atoms with van der Waals surface area (Å²) in [5.41, 5.74) is 0. The second-order valence-corrected chi connectivity index (χ2v) is 5.36. The monoisotopic (exact) mass is 287 g/mol. The lowest BCUT2D eigenvalue weighted by molar-refractivity contribution is 0.0920. The molecule has 0 saturated carbocycles. The molecule has 0 aromatic carbocycles. The number of anilines is 1. The zero-order valence-electron chi connectivity index (χ0n) is 12.0. The third kappa shape index (κ3) is 3.80. The number of aliphatic hydroxyl groups is 1. The van der Waals surface area contributed by atoms with Gasteiger partial charge in [-0.05, 0) is 18.2 Å². The van der Waals surface area contributed by atoms with Gasteiger partial charge < -0.3 is 10.0 Å². The van der Waals surface area contributed by atoms with Crippen LogP contribution in [0.4, 0.5) is 5.82 Å². The normalized spacial score (nSPS) is 17.9. The highest BCUT2D eigenvalue weighted by Crippen LogP contribution is 2.12. The van der Waals surface area contributed by atoms with Crippen LogP contribution in [0.3, 0.4) is 0 Å². The maximum atomic E-state index is 10.1. The van der Waals surface area contributed by atoms with Crippen molar-refractivity contribution in [1.29, 1.82) is 0 Å². The smallest absolute Gasteiger partial charge is 0.128 e. The number of pyridine rings is 1. The van der Waals surface area contributed by atoms with Crippen LogP contribution in [-0.4, -0.2) is 63.6 Å². The first kappa shape index (κ1) is 14.0. The summed E-state index contributed by atoms with van der Waals surface area (Å²) in [7, 11) is 0. The Kier molecular flexibility index (Phi) is 4.47. The molecule has 1 atom stereocenters. The van der Waals surface area contributed by atoms with Crippen molar-refractivity contribution < 1.29 is 5.11 Å². The zero-order chi connectivity index (χ0) is 14.5. The summed E-state index contributed by atoms with van der Waals surface area (Å²) < 4.78 is 1.77.